The molecule has 2 aromatic carbocycles. The van der Waals surface area contributed by atoms with Crippen LogP contribution in [0.1, 0.15) is 13.8 Å². The molecule has 176 valence electrons. The van der Waals surface area contributed by atoms with Crippen LogP contribution in [0.15, 0.2) is 56.0 Å². The maximum absolute atomic E-state index is 11.5. The summed E-state index contributed by atoms with van der Waals surface area (Å²) in [6.45, 7) is 5.33. The van der Waals surface area contributed by atoms with E-state index in [1.807, 2.05) is 13.8 Å². The summed E-state index contributed by atoms with van der Waals surface area (Å²) in [6, 6.07) is 9.06. The summed E-state index contributed by atoms with van der Waals surface area (Å²) in [5.74, 6) is 0. The van der Waals surface area contributed by atoms with Gasteiger partial charge in [0, 0.05) is 22.9 Å². The average Bonchev–Trinajstić information content (AvgIpc) is 3.21. The van der Waals surface area contributed by atoms with E-state index in [1.165, 1.54) is 47.8 Å². The van der Waals surface area contributed by atoms with Crippen molar-refractivity contribution in [3.8, 4) is 0 Å². The van der Waals surface area contributed by atoms with Gasteiger partial charge in [0.05, 0.1) is 21.2 Å². The molecular weight excluding hydrogens is 496 g/mol. The lowest BCUT2D eigenvalue weighted by molar-refractivity contribution is 0.480. The summed E-state index contributed by atoms with van der Waals surface area (Å²) in [5.41, 5.74) is 1.35. The number of rotatable bonds is 6. The van der Waals surface area contributed by atoms with Gasteiger partial charge in [-0.05, 0) is 50.2 Å². The normalized spacial score (nSPS) is 20.1. The molecule has 2 aromatic rings. The molecule has 0 fully saturated rings. The molecule has 2 atom stereocenters. The second-order valence-corrected chi connectivity index (χ2v) is 12.0. The third-order valence-corrected chi connectivity index (χ3v) is 9.18. The van der Waals surface area contributed by atoms with Crippen LogP contribution in [-0.4, -0.2) is 50.0 Å². The molecule has 0 aliphatic carbocycles. The van der Waals surface area contributed by atoms with Crippen LogP contribution in [0.2, 0.25) is 0 Å². The van der Waals surface area contributed by atoms with Crippen molar-refractivity contribution >= 4 is 55.1 Å². The van der Waals surface area contributed by atoms with Crippen molar-refractivity contribution in [1.29, 1.82) is 0 Å². The first kappa shape index (κ1) is 25.1. The Bertz CT molecular complexity index is 1140. The predicted octanol–water partition coefficient (Wildman–Crippen LogP) is 3.06. The van der Waals surface area contributed by atoms with E-state index in [-0.39, 0.29) is 26.9 Å². The van der Waals surface area contributed by atoms with Crippen LogP contribution < -0.4 is 21.3 Å². The Morgan fingerprint density at radius 1 is 0.812 bits per heavy atom. The molecule has 14 heteroatoms. The highest BCUT2D eigenvalue weighted by Crippen LogP contribution is 2.47. The third kappa shape index (κ3) is 4.59. The zero-order valence-corrected chi connectivity index (χ0v) is 20.6. The van der Waals surface area contributed by atoms with Gasteiger partial charge < -0.3 is 16.0 Å². The van der Waals surface area contributed by atoms with Gasteiger partial charge in [-0.25, -0.2) is 0 Å². The molecule has 10 nitrogen and oxygen atoms in total. The molecule has 6 N–H and O–H groups in total. The third-order valence-electron chi connectivity index (χ3n) is 5.09. The average molecular weight is 521 g/mol. The number of nitrogens with one attached hydrogen (secondary N) is 1. The molecule has 0 saturated heterocycles. The molecule has 2 heterocycles. The van der Waals surface area contributed by atoms with Crippen LogP contribution in [0.4, 0.5) is 11.4 Å². The van der Waals surface area contributed by atoms with Crippen LogP contribution in [0.3, 0.4) is 0 Å². The van der Waals surface area contributed by atoms with Gasteiger partial charge in [0.2, 0.25) is 0 Å². The molecule has 0 bridgehead atoms. The molecule has 0 saturated carbocycles. The first-order valence-corrected chi connectivity index (χ1v) is 14.0. The predicted molar refractivity (Wildman–Crippen MR) is 126 cm³/mol. The lowest BCUT2D eigenvalue weighted by Gasteiger charge is -2.32. The fourth-order valence-corrected chi connectivity index (χ4v) is 7.54. The topological polar surface area (TPSA) is 162 Å². The van der Waals surface area contributed by atoms with Crippen LogP contribution >= 0.6 is 23.5 Å². The second-order valence-electron chi connectivity index (χ2n) is 6.89. The van der Waals surface area contributed by atoms with Crippen LogP contribution in [0.5, 0.6) is 0 Å². The molecule has 0 spiro atoms. The lowest BCUT2D eigenvalue weighted by atomic mass is 10.3. The molecule has 0 amide bonds. The van der Waals surface area contributed by atoms with Gasteiger partial charge in [0.25, 0.3) is 20.2 Å². The van der Waals surface area contributed by atoms with E-state index >= 15 is 0 Å². The Hall–Kier alpha value is -1.52. The molecule has 0 aromatic heterocycles. The van der Waals surface area contributed by atoms with Crippen molar-refractivity contribution in [2.24, 2.45) is 0 Å². The van der Waals surface area contributed by atoms with Crippen molar-refractivity contribution in [3.05, 3.63) is 36.4 Å². The van der Waals surface area contributed by atoms with Gasteiger partial charge in [0.1, 0.15) is 11.0 Å². The lowest BCUT2D eigenvalue weighted by Crippen LogP contribution is -2.50. The van der Waals surface area contributed by atoms with E-state index in [0.29, 0.717) is 13.1 Å². The first-order chi connectivity index (χ1) is 14.5. The summed E-state index contributed by atoms with van der Waals surface area (Å²) in [5, 5.41) is 3.54. The van der Waals surface area contributed by atoms with Crippen LogP contribution in [-0.2, 0) is 20.2 Å². The SMILES string of the molecule is CCN1c2ccc(S(=O)(=O)O)cc2SC1NC1Sc2cc(S(=O)(=O)O)ccc2N1CC.N. The zero-order valence-electron chi connectivity index (χ0n) is 17.3. The van der Waals surface area contributed by atoms with E-state index in [2.05, 4.69) is 15.1 Å². The van der Waals surface area contributed by atoms with Crippen molar-refractivity contribution in [3.63, 3.8) is 0 Å². The monoisotopic (exact) mass is 520 g/mol. The van der Waals surface area contributed by atoms with Crippen molar-refractivity contribution in [1.82, 2.24) is 11.5 Å². The molecule has 2 aliphatic heterocycles. The maximum atomic E-state index is 11.5. The molecule has 32 heavy (non-hydrogen) atoms. The van der Waals surface area contributed by atoms with E-state index in [1.54, 1.807) is 12.1 Å². The molecule has 2 aliphatic rings. The Morgan fingerprint density at radius 3 is 1.50 bits per heavy atom. The Labute approximate surface area is 195 Å². The van der Waals surface area contributed by atoms with E-state index in [4.69, 9.17) is 0 Å². The highest BCUT2D eigenvalue weighted by atomic mass is 32.2. The van der Waals surface area contributed by atoms with Gasteiger partial charge in [-0.3, -0.25) is 14.4 Å². The molecule has 0 radical (unpaired) electrons. The van der Waals surface area contributed by atoms with E-state index in [0.717, 1.165) is 21.2 Å². The number of thioether (sulfide) groups is 2. The van der Waals surface area contributed by atoms with Crippen LogP contribution in [0, 0.1) is 0 Å². The number of nitrogens with zero attached hydrogens (tertiary/aromatic N) is 2. The summed E-state index contributed by atoms with van der Waals surface area (Å²) in [6.07, 6.45) is 0. The van der Waals surface area contributed by atoms with Crippen molar-refractivity contribution in [2.75, 3.05) is 22.9 Å². The van der Waals surface area contributed by atoms with Gasteiger partial charge >= 0.3 is 0 Å². The van der Waals surface area contributed by atoms with Crippen LogP contribution in [0.25, 0.3) is 0 Å². The molecule has 2 unspecified atom stereocenters. The smallest absolute Gasteiger partial charge is 0.294 e. The second kappa shape index (κ2) is 9.02. The van der Waals surface area contributed by atoms with Gasteiger partial charge in [-0.2, -0.15) is 16.8 Å². The maximum Gasteiger partial charge on any atom is 0.294 e. The number of benzene rings is 2. The number of fused-ring (bicyclic) bond motifs is 2. The quantitative estimate of drug-likeness (QED) is 0.412. The Balaban J connectivity index is 0.00000289. The van der Waals surface area contributed by atoms with E-state index in [9.17, 15) is 25.9 Å². The van der Waals surface area contributed by atoms with E-state index < -0.39 is 20.2 Å². The fraction of sp³-hybridized carbons (Fsp3) is 0.333. The summed E-state index contributed by atoms with van der Waals surface area (Å²) >= 11 is 2.90. The number of anilines is 2. The van der Waals surface area contributed by atoms with Gasteiger partial charge in [-0.1, -0.05) is 23.5 Å². The summed E-state index contributed by atoms with van der Waals surface area (Å²) < 4.78 is 64.7. The highest BCUT2D eigenvalue weighted by molar-refractivity contribution is 8.01. The first-order valence-electron chi connectivity index (χ1n) is 9.38. The number of hydrogen-bond acceptors (Lipinski definition) is 10. The largest absolute Gasteiger partial charge is 0.346 e. The van der Waals surface area contributed by atoms with Crippen molar-refractivity contribution < 1.29 is 25.9 Å². The summed E-state index contributed by atoms with van der Waals surface area (Å²) in [7, 11) is -8.58. The zero-order chi connectivity index (χ0) is 22.6. The van der Waals surface area contributed by atoms with Crippen molar-refractivity contribution in [2.45, 2.75) is 44.4 Å². The summed E-state index contributed by atoms with van der Waals surface area (Å²) in [4.78, 5) is 5.37. The Morgan fingerprint density at radius 2 is 1.19 bits per heavy atom. The minimum absolute atomic E-state index is 0. The highest BCUT2D eigenvalue weighted by Gasteiger charge is 2.36. The molecular formula is C18H24N4O6S4. The Kier molecular flexibility index (Phi) is 7.08. The fourth-order valence-electron chi connectivity index (χ4n) is 3.64. The standard InChI is InChI=1S/C18H21N3O6S4.H3N/c1-3-20-13-7-5-11(30(22,23)24)9-15(13)28-17(20)19-18-21(4-2)14-8-6-12(31(25,26)27)10-16(14)29-18;/h5-10,17-19H,3-4H2,1-2H3,(H,22,23,24)(H,25,26,27);1H3. The minimum Gasteiger partial charge on any atom is -0.346 e. The van der Waals surface area contributed by atoms with Gasteiger partial charge in [0.15, 0.2) is 0 Å². The minimum atomic E-state index is -4.29. The number of hydrogen-bond donors (Lipinski definition) is 4. The molecule has 4 rings (SSSR count). The van der Waals surface area contributed by atoms with Gasteiger partial charge in [-0.15, -0.1) is 0 Å².